The molecular formula is C7H18N2Si. The normalized spacial score (nSPS) is 23.1. The highest BCUT2D eigenvalue weighted by Gasteiger charge is 2.24. The van der Waals surface area contributed by atoms with Crippen molar-refractivity contribution in [2.45, 2.75) is 19.6 Å². The van der Waals surface area contributed by atoms with Crippen molar-refractivity contribution in [2.24, 2.45) is 0 Å². The molecule has 0 aliphatic carbocycles. The molecule has 1 aliphatic rings. The van der Waals surface area contributed by atoms with Crippen LogP contribution in [0.5, 0.6) is 0 Å². The molecule has 1 fully saturated rings. The molecule has 10 heavy (non-hydrogen) atoms. The Bertz CT molecular complexity index is 103. The monoisotopic (exact) mass is 158 g/mol. The van der Waals surface area contributed by atoms with Crippen molar-refractivity contribution in [3.8, 4) is 0 Å². The van der Waals surface area contributed by atoms with Crippen LogP contribution in [0.2, 0.25) is 19.6 Å². The molecule has 0 atom stereocenters. The van der Waals surface area contributed by atoms with E-state index in [9.17, 15) is 0 Å². The first-order valence-electron chi connectivity index (χ1n) is 4.06. The molecule has 0 aromatic rings. The molecule has 1 saturated heterocycles. The van der Waals surface area contributed by atoms with Gasteiger partial charge in [-0.3, -0.25) is 0 Å². The fourth-order valence-corrected chi connectivity index (χ4v) is 2.90. The Morgan fingerprint density at radius 3 is 1.90 bits per heavy atom. The topological polar surface area (TPSA) is 15.3 Å². The van der Waals surface area contributed by atoms with Gasteiger partial charge in [0.1, 0.15) is 8.24 Å². The molecule has 1 aliphatic heterocycles. The number of hydrogen-bond acceptors (Lipinski definition) is 2. The molecule has 2 nitrogen and oxygen atoms in total. The summed E-state index contributed by atoms with van der Waals surface area (Å²) in [5.41, 5.74) is 0. The average molecular weight is 158 g/mol. The molecule has 0 spiro atoms. The van der Waals surface area contributed by atoms with Crippen molar-refractivity contribution in [3.63, 3.8) is 0 Å². The van der Waals surface area contributed by atoms with Crippen molar-refractivity contribution < 1.29 is 0 Å². The summed E-state index contributed by atoms with van der Waals surface area (Å²) in [6.07, 6.45) is 0. The van der Waals surface area contributed by atoms with Crippen LogP contribution in [0.25, 0.3) is 0 Å². The molecule has 60 valence electrons. The van der Waals surface area contributed by atoms with Crippen LogP contribution in [0.3, 0.4) is 0 Å². The van der Waals surface area contributed by atoms with Crippen LogP contribution in [0, 0.1) is 0 Å². The van der Waals surface area contributed by atoms with Gasteiger partial charge in [-0.15, -0.1) is 0 Å². The Hall–Kier alpha value is 0.137. The Kier molecular flexibility index (Phi) is 2.49. The zero-order valence-electron chi connectivity index (χ0n) is 7.28. The molecule has 0 bridgehead atoms. The standard InChI is InChI=1S/C7H18N2Si/c1-10(2,3)9-6-4-8-5-7-9/h8H,4-7H2,1-3H3. The lowest BCUT2D eigenvalue weighted by molar-refractivity contribution is 0.361. The SMILES string of the molecule is C[Si](C)(C)N1CCNCC1. The average Bonchev–Trinajstić information content (AvgIpc) is 1.88. The number of nitrogens with one attached hydrogen (secondary N) is 1. The van der Waals surface area contributed by atoms with Crippen molar-refractivity contribution in [1.82, 2.24) is 9.88 Å². The summed E-state index contributed by atoms with van der Waals surface area (Å²) in [5, 5.41) is 3.37. The maximum Gasteiger partial charge on any atom is 0.119 e. The van der Waals surface area contributed by atoms with Gasteiger partial charge in [0, 0.05) is 26.2 Å². The van der Waals surface area contributed by atoms with E-state index in [-0.39, 0.29) is 0 Å². The van der Waals surface area contributed by atoms with Gasteiger partial charge in [-0.2, -0.15) is 0 Å². The largest absolute Gasteiger partial charge is 0.321 e. The fraction of sp³-hybridized carbons (Fsp3) is 1.00. The minimum atomic E-state index is -0.963. The van der Waals surface area contributed by atoms with Crippen LogP contribution in [-0.2, 0) is 0 Å². The Balaban J connectivity index is 2.39. The zero-order valence-corrected chi connectivity index (χ0v) is 8.28. The Morgan fingerprint density at radius 1 is 1.10 bits per heavy atom. The predicted molar refractivity (Wildman–Crippen MR) is 47.8 cm³/mol. The smallest absolute Gasteiger partial charge is 0.119 e. The van der Waals surface area contributed by atoms with Crippen LogP contribution < -0.4 is 5.32 Å². The van der Waals surface area contributed by atoms with E-state index < -0.39 is 8.24 Å². The van der Waals surface area contributed by atoms with Crippen LogP contribution in [0.4, 0.5) is 0 Å². The number of nitrogens with zero attached hydrogens (tertiary/aromatic N) is 1. The van der Waals surface area contributed by atoms with Gasteiger partial charge < -0.3 is 9.88 Å². The van der Waals surface area contributed by atoms with E-state index in [1.165, 1.54) is 26.2 Å². The van der Waals surface area contributed by atoms with Crippen molar-refractivity contribution in [2.75, 3.05) is 26.2 Å². The lowest BCUT2D eigenvalue weighted by Gasteiger charge is -2.37. The summed E-state index contributed by atoms with van der Waals surface area (Å²) >= 11 is 0. The second-order valence-electron chi connectivity index (χ2n) is 3.91. The van der Waals surface area contributed by atoms with Crippen molar-refractivity contribution >= 4 is 8.24 Å². The van der Waals surface area contributed by atoms with E-state index in [4.69, 9.17) is 0 Å². The van der Waals surface area contributed by atoms with Crippen LogP contribution >= 0.6 is 0 Å². The predicted octanol–water partition coefficient (Wildman–Crippen LogP) is 0.726. The molecule has 0 saturated carbocycles. The van der Waals surface area contributed by atoms with Gasteiger partial charge in [0.25, 0.3) is 0 Å². The van der Waals surface area contributed by atoms with E-state index in [0.717, 1.165) is 0 Å². The lowest BCUT2D eigenvalue weighted by atomic mass is 10.4. The van der Waals surface area contributed by atoms with Crippen LogP contribution in [0.1, 0.15) is 0 Å². The summed E-state index contributed by atoms with van der Waals surface area (Å²) in [6, 6.07) is 0. The first-order valence-corrected chi connectivity index (χ1v) is 7.51. The highest BCUT2D eigenvalue weighted by molar-refractivity contribution is 6.73. The summed E-state index contributed by atoms with van der Waals surface area (Å²) in [6.45, 7) is 12.1. The third-order valence-electron chi connectivity index (χ3n) is 2.07. The summed E-state index contributed by atoms with van der Waals surface area (Å²) in [5.74, 6) is 0. The van der Waals surface area contributed by atoms with Crippen molar-refractivity contribution in [3.05, 3.63) is 0 Å². The van der Waals surface area contributed by atoms with Gasteiger partial charge >= 0.3 is 0 Å². The van der Waals surface area contributed by atoms with Gasteiger partial charge in [0.2, 0.25) is 0 Å². The highest BCUT2D eigenvalue weighted by atomic mass is 28.3. The first kappa shape index (κ1) is 8.24. The van der Waals surface area contributed by atoms with E-state index in [2.05, 4.69) is 29.5 Å². The molecule has 1 rings (SSSR count). The zero-order chi connectivity index (χ0) is 7.61. The summed E-state index contributed by atoms with van der Waals surface area (Å²) in [7, 11) is -0.963. The molecule has 3 heteroatoms. The van der Waals surface area contributed by atoms with E-state index in [0.29, 0.717) is 0 Å². The van der Waals surface area contributed by atoms with E-state index >= 15 is 0 Å². The molecule has 0 aromatic heterocycles. The maximum absolute atomic E-state index is 3.37. The van der Waals surface area contributed by atoms with Gasteiger partial charge in [0.15, 0.2) is 0 Å². The first-order chi connectivity index (χ1) is 4.61. The molecule has 1 N–H and O–H groups in total. The van der Waals surface area contributed by atoms with Gasteiger partial charge in [-0.1, -0.05) is 19.6 Å². The Labute approximate surface area is 64.7 Å². The summed E-state index contributed by atoms with van der Waals surface area (Å²) in [4.78, 5) is 0. The highest BCUT2D eigenvalue weighted by Crippen LogP contribution is 2.08. The lowest BCUT2D eigenvalue weighted by Crippen LogP contribution is -2.54. The second-order valence-corrected chi connectivity index (χ2v) is 8.88. The molecule has 0 amide bonds. The van der Waals surface area contributed by atoms with Gasteiger partial charge in [-0.05, 0) is 0 Å². The maximum atomic E-state index is 3.37. The minimum Gasteiger partial charge on any atom is -0.321 e. The molecule has 0 unspecified atom stereocenters. The number of rotatable bonds is 1. The quantitative estimate of drug-likeness (QED) is 0.566. The third-order valence-corrected chi connectivity index (χ3v) is 4.41. The van der Waals surface area contributed by atoms with E-state index in [1.807, 2.05) is 0 Å². The van der Waals surface area contributed by atoms with Gasteiger partial charge in [-0.25, -0.2) is 0 Å². The van der Waals surface area contributed by atoms with Gasteiger partial charge in [0.05, 0.1) is 0 Å². The molecule has 1 heterocycles. The Morgan fingerprint density at radius 2 is 1.60 bits per heavy atom. The van der Waals surface area contributed by atoms with Crippen LogP contribution in [-0.4, -0.2) is 39.0 Å². The third kappa shape index (κ3) is 2.07. The fourth-order valence-electron chi connectivity index (χ4n) is 1.34. The minimum absolute atomic E-state index is 0.963. The van der Waals surface area contributed by atoms with Crippen molar-refractivity contribution in [1.29, 1.82) is 0 Å². The molecule has 0 radical (unpaired) electrons. The van der Waals surface area contributed by atoms with Crippen LogP contribution in [0.15, 0.2) is 0 Å². The second kappa shape index (κ2) is 3.03. The number of piperazine rings is 1. The summed E-state index contributed by atoms with van der Waals surface area (Å²) < 4.78 is 2.66. The molecule has 0 aromatic carbocycles. The molecular weight excluding hydrogens is 140 g/mol. The van der Waals surface area contributed by atoms with E-state index in [1.54, 1.807) is 0 Å². The number of hydrogen-bond donors (Lipinski definition) is 1.